The van der Waals surface area contributed by atoms with Crippen LogP contribution < -0.4 is 0 Å². The van der Waals surface area contributed by atoms with Crippen LogP contribution in [0, 0.1) is 5.41 Å². The number of furan rings is 3. The number of amidine groups is 2. The predicted molar refractivity (Wildman–Crippen MR) is 110 cm³/mol. The molecule has 5 rings (SSSR count). The van der Waals surface area contributed by atoms with Crippen molar-refractivity contribution in [1.82, 2.24) is 5.01 Å². The van der Waals surface area contributed by atoms with Gasteiger partial charge in [-0.1, -0.05) is 11.8 Å². The normalized spacial score (nSPS) is 17.7. The fraction of sp³-hybridized carbons (Fsp3) is 0.0526. The molecule has 0 radical (unpaired) electrons. The summed E-state index contributed by atoms with van der Waals surface area (Å²) in [6, 6.07) is 10.8. The second kappa shape index (κ2) is 7.30. The molecule has 0 fully saturated rings. The number of carbonyl (C=O) groups is 1. The van der Waals surface area contributed by atoms with Gasteiger partial charge >= 0.3 is 0 Å². The molecular weight excluding hydrogens is 412 g/mol. The Labute approximate surface area is 172 Å². The number of aliphatic imine (C=N–C) groups is 1. The molecule has 3 aromatic heterocycles. The Hall–Kier alpha value is -3.24. The number of nitrogens with one attached hydrogen (secondary N) is 1. The van der Waals surface area contributed by atoms with Crippen LogP contribution in [-0.4, -0.2) is 27.0 Å². The van der Waals surface area contributed by atoms with E-state index in [9.17, 15) is 4.79 Å². The summed E-state index contributed by atoms with van der Waals surface area (Å²) in [4.78, 5) is 16.5. The molecule has 5 heterocycles. The van der Waals surface area contributed by atoms with E-state index in [4.69, 9.17) is 18.7 Å². The van der Waals surface area contributed by atoms with Crippen molar-refractivity contribution in [3.05, 3.63) is 71.8 Å². The lowest BCUT2D eigenvalue weighted by atomic mass is 10.1. The van der Waals surface area contributed by atoms with Crippen molar-refractivity contribution in [2.75, 3.05) is 0 Å². The lowest BCUT2D eigenvalue weighted by molar-refractivity contribution is -0.114. The van der Waals surface area contributed by atoms with Crippen LogP contribution in [0.2, 0.25) is 0 Å². The van der Waals surface area contributed by atoms with E-state index in [0.29, 0.717) is 32.6 Å². The first-order chi connectivity index (χ1) is 14.2. The van der Waals surface area contributed by atoms with Crippen molar-refractivity contribution in [3.8, 4) is 0 Å². The highest BCUT2D eigenvalue weighted by atomic mass is 32.2. The third-order valence-corrected chi connectivity index (χ3v) is 5.87. The van der Waals surface area contributed by atoms with Gasteiger partial charge in [-0.3, -0.25) is 10.2 Å². The summed E-state index contributed by atoms with van der Waals surface area (Å²) in [5, 5.41) is 15.6. The molecular formula is C19H12N4O4S2. The Morgan fingerprint density at radius 1 is 1.17 bits per heavy atom. The summed E-state index contributed by atoms with van der Waals surface area (Å²) >= 11 is 2.66. The van der Waals surface area contributed by atoms with Gasteiger partial charge in [-0.05, 0) is 54.2 Å². The van der Waals surface area contributed by atoms with Crippen LogP contribution >= 0.6 is 23.5 Å². The van der Waals surface area contributed by atoms with Gasteiger partial charge in [0.1, 0.15) is 11.5 Å². The van der Waals surface area contributed by atoms with Crippen LogP contribution in [0.1, 0.15) is 17.3 Å². The quantitative estimate of drug-likeness (QED) is 0.477. The second-order valence-electron chi connectivity index (χ2n) is 5.93. The minimum absolute atomic E-state index is 0.0600. The van der Waals surface area contributed by atoms with Crippen molar-refractivity contribution in [3.63, 3.8) is 0 Å². The Balaban J connectivity index is 1.36. The first-order valence-electron chi connectivity index (χ1n) is 8.46. The number of hydrogen-bond donors (Lipinski definition) is 1. The first-order valence-corrected chi connectivity index (χ1v) is 10.3. The second-order valence-corrected chi connectivity index (χ2v) is 7.86. The average molecular weight is 424 g/mol. The molecule has 0 saturated carbocycles. The Morgan fingerprint density at radius 3 is 2.83 bits per heavy atom. The van der Waals surface area contributed by atoms with Crippen LogP contribution in [0.25, 0.3) is 6.08 Å². The molecule has 0 unspecified atom stereocenters. The third kappa shape index (κ3) is 3.47. The maximum Gasteiger partial charge on any atom is 0.283 e. The van der Waals surface area contributed by atoms with Gasteiger partial charge in [-0.25, -0.2) is 0 Å². The molecule has 2 aliphatic heterocycles. The fourth-order valence-corrected chi connectivity index (χ4v) is 4.29. The van der Waals surface area contributed by atoms with Crippen LogP contribution in [0.5, 0.6) is 0 Å². The predicted octanol–water partition coefficient (Wildman–Crippen LogP) is 4.43. The van der Waals surface area contributed by atoms with Crippen molar-refractivity contribution >= 4 is 51.6 Å². The summed E-state index contributed by atoms with van der Waals surface area (Å²) in [6.07, 6.45) is 4.67. The van der Waals surface area contributed by atoms with E-state index >= 15 is 0 Å². The van der Waals surface area contributed by atoms with Gasteiger partial charge in [-0.2, -0.15) is 15.1 Å². The summed E-state index contributed by atoms with van der Waals surface area (Å²) in [5.41, 5.74) is 0.107. The van der Waals surface area contributed by atoms with Gasteiger partial charge < -0.3 is 13.3 Å². The molecule has 10 heteroatoms. The molecule has 1 amide bonds. The van der Waals surface area contributed by atoms with E-state index in [1.165, 1.54) is 40.9 Å². The molecule has 144 valence electrons. The average Bonchev–Trinajstić information content (AvgIpc) is 3.50. The van der Waals surface area contributed by atoms with Crippen LogP contribution in [0.15, 0.2) is 82.9 Å². The highest BCUT2D eigenvalue weighted by Crippen LogP contribution is 2.32. The Bertz CT molecular complexity index is 1170. The molecule has 0 atom stereocenters. The molecule has 0 saturated heterocycles. The molecule has 0 aromatic carbocycles. The molecule has 29 heavy (non-hydrogen) atoms. The highest BCUT2D eigenvalue weighted by Gasteiger charge is 2.36. The van der Waals surface area contributed by atoms with Gasteiger partial charge in [-0.15, -0.1) is 0 Å². The number of fused-ring (bicyclic) bond motifs is 1. The van der Waals surface area contributed by atoms with Gasteiger partial charge in [0.15, 0.2) is 21.7 Å². The summed E-state index contributed by atoms with van der Waals surface area (Å²) in [6.45, 7) is 0. The van der Waals surface area contributed by atoms with E-state index in [1.807, 2.05) is 18.2 Å². The highest BCUT2D eigenvalue weighted by molar-refractivity contribution is 8.27. The summed E-state index contributed by atoms with van der Waals surface area (Å²) in [5.74, 6) is 1.92. The number of rotatable bonds is 5. The lowest BCUT2D eigenvalue weighted by Crippen LogP contribution is -2.35. The van der Waals surface area contributed by atoms with E-state index in [1.54, 1.807) is 24.5 Å². The molecule has 2 aliphatic rings. The number of hydrogen-bond acceptors (Lipinski definition) is 8. The standard InChI is InChI=1S/C19H12N4O4S2/c20-16-13(9-11-5-6-15(27-11)28-10-12-3-1-7-25-12)17(24)21-19-23(16)22-18(29-19)14-4-2-8-26-14/h1-9,20H,10H2/b13-9-,20-16?. The molecule has 1 N–H and O–H groups in total. The molecule has 0 spiro atoms. The monoisotopic (exact) mass is 424 g/mol. The molecule has 8 nitrogen and oxygen atoms in total. The zero-order chi connectivity index (χ0) is 19.8. The summed E-state index contributed by atoms with van der Waals surface area (Å²) in [7, 11) is 0. The maximum absolute atomic E-state index is 12.5. The third-order valence-electron chi connectivity index (χ3n) is 4.01. The zero-order valence-corrected chi connectivity index (χ0v) is 16.3. The van der Waals surface area contributed by atoms with Crippen molar-refractivity contribution in [2.45, 2.75) is 10.8 Å². The zero-order valence-electron chi connectivity index (χ0n) is 14.7. The number of thioether (sulfide) groups is 2. The maximum atomic E-state index is 12.5. The summed E-state index contributed by atoms with van der Waals surface area (Å²) < 4.78 is 16.4. The van der Waals surface area contributed by atoms with Gasteiger partial charge in [0, 0.05) is 0 Å². The topological polar surface area (TPSA) is 108 Å². The Morgan fingerprint density at radius 2 is 2.03 bits per heavy atom. The van der Waals surface area contributed by atoms with E-state index in [2.05, 4.69) is 10.1 Å². The van der Waals surface area contributed by atoms with E-state index in [-0.39, 0.29) is 11.4 Å². The first kappa shape index (κ1) is 17.8. The molecule has 3 aromatic rings. The van der Waals surface area contributed by atoms with Crippen LogP contribution in [0.3, 0.4) is 0 Å². The van der Waals surface area contributed by atoms with E-state index in [0.717, 1.165) is 5.76 Å². The SMILES string of the molecule is N=C1/C(=C/c2ccc(SCc3ccco3)o2)C(=O)N=C2SC(c3ccco3)=NN12. The largest absolute Gasteiger partial charge is 0.468 e. The van der Waals surface area contributed by atoms with Crippen molar-refractivity contribution in [2.24, 2.45) is 10.1 Å². The van der Waals surface area contributed by atoms with Crippen LogP contribution in [0.4, 0.5) is 0 Å². The number of hydrazone groups is 1. The molecule has 0 aliphatic carbocycles. The number of carbonyl (C=O) groups excluding carboxylic acids is 1. The molecule has 0 bridgehead atoms. The fourth-order valence-electron chi connectivity index (χ4n) is 2.66. The van der Waals surface area contributed by atoms with Crippen molar-refractivity contribution < 1.29 is 18.0 Å². The van der Waals surface area contributed by atoms with Gasteiger partial charge in [0.05, 0.1) is 23.9 Å². The minimum atomic E-state index is -0.508. The van der Waals surface area contributed by atoms with Crippen molar-refractivity contribution in [1.29, 1.82) is 5.41 Å². The number of amides is 1. The van der Waals surface area contributed by atoms with Gasteiger partial charge in [0.25, 0.3) is 5.91 Å². The Kier molecular flexibility index (Phi) is 4.49. The van der Waals surface area contributed by atoms with Gasteiger partial charge in [0.2, 0.25) is 5.17 Å². The smallest absolute Gasteiger partial charge is 0.283 e. The van der Waals surface area contributed by atoms with E-state index < -0.39 is 5.91 Å². The van der Waals surface area contributed by atoms with Crippen LogP contribution in [-0.2, 0) is 10.5 Å². The lowest BCUT2D eigenvalue weighted by Gasteiger charge is -2.19. The minimum Gasteiger partial charge on any atom is -0.468 e. The number of nitrogens with zero attached hydrogens (tertiary/aromatic N) is 3.